The quantitative estimate of drug-likeness (QED) is 0.862. The number of anilines is 1. The number of nitrogens with one attached hydrogen (secondary N) is 2. The van der Waals surface area contributed by atoms with E-state index >= 15 is 0 Å². The number of benzene rings is 1. The van der Waals surface area contributed by atoms with Crippen molar-refractivity contribution in [3.63, 3.8) is 0 Å². The Morgan fingerprint density at radius 2 is 2.10 bits per heavy atom. The summed E-state index contributed by atoms with van der Waals surface area (Å²) in [5.41, 5.74) is 0.783. The summed E-state index contributed by atoms with van der Waals surface area (Å²) >= 11 is 5.98. The summed E-state index contributed by atoms with van der Waals surface area (Å²) in [6.45, 7) is 0.453. The Morgan fingerprint density at radius 1 is 1.35 bits per heavy atom. The van der Waals surface area contributed by atoms with Crippen LogP contribution in [0.15, 0.2) is 24.3 Å². The molecule has 2 N–H and O–H groups in total. The van der Waals surface area contributed by atoms with Crippen molar-refractivity contribution in [1.29, 1.82) is 0 Å². The lowest BCUT2D eigenvalue weighted by molar-refractivity contribution is -0.121. The molecule has 1 unspecified atom stereocenters. The van der Waals surface area contributed by atoms with Gasteiger partial charge in [-0.05, 0) is 18.6 Å². The molecule has 0 spiro atoms. The fraction of sp³-hybridized carbons (Fsp3) is 0.462. The SMILES string of the molecule is O=C(CCNc1ccccc1Cl)NC1CCS(=O)(=O)C1. The molecule has 2 rings (SSSR count). The van der Waals surface area contributed by atoms with Crippen LogP contribution >= 0.6 is 11.6 Å². The average molecular weight is 317 g/mol. The Bertz CT molecular complexity index is 589. The van der Waals surface area contributed by atoms with Crippen LogP contribution in [0.1, 0.15) is 12.8 Å². The number of para-hydroxylation sites is 1. The number of rotatable bonds is 5. The lowest BCUT2D eigenvalue weighted by atomic mass is 10.2. The van der Waals surface area contributed by atoms with Gasteiger partial charge in [-0.2, -0.15) is 0 Å². The van der Waals surface area contributed by atoms with Crippen molar-refractivity contribution in [3.05, 3.63) is 29.3 Å². The van der Waals surface area contributed by atoms with E-state index in [1.54, 1.807) is 6.07 Å². The lowest BCUT2D eigenvalue weighted by Gasteiger charge is -2.12. The Morgan fingerprint density at radius 3 is 2.75 bits per heavy atom. The van der Waals surface area contributed by atoms with E-state index in [0.717, 1.165) is 5.69 Å². The maximum Gasteiger partial charge on any atom is 0.222 e. The van der Waals surface area contributed by atoms with Crippen molar-refractivity contribution in [2.24, 2.45) is 0 Å². The monoisotopic (exact) mass is 316 g/mol. The molecule has 1 fully saturated rings. The second-order valence-electron chi connectivity index (χ2n) is 4.82. The number of amides is 1. The zero-order valence-electron chi connectivity index (χ0n) is 10.9. The molecule has 0 saturated carbocycles. The largest absolute Gasteiger partial charge is 0.383 e. The predicted octanol–water partition coefficient (Wildman–Crippen LogP) is 1.45. The van der Waals surface area contributed by atoms with E-state index < -0.39 is 9.84 Å². The first-order valence-electron chi connectivity index (χ1n) is 6.44. The van der Waals surface area contributed by atoms with Crippen LogP contribution in [0, 0.1) is 0 Å². The maximum absolute atomic E-state index is 11.7. The molecule has 1 aromatic carbocycles. The number of carbonyl (C=O) groups excluding carboxylic acids is 1. The first kappa shape index (κ1) is 15.1. The third kappa shape index (κ3) is 4.38. The van der Waals surface area contributed by atoms with Gasteiger partial charge in [0, 0.05) is 19.0 Å². The number of hydrogen-bond donors (Lipinski definition) is 2. The highest BCUT2D eigenvalue weighted by Gasteiger charge is 2.28. The van der Waals surface area contributed by atoms with Gasteiger partial charge in [0.15, 0.2) is 9.84 Å². The van der Waals surface area contributed by atoms with Crippen molar-refractivity contribution in [3.8, 4) is 0 Å². The molecule has 110 valence electrons. The van der Waals surface area contributed by atoms with Gasteiger partial charge < -0.3 is 10.6 Å². The summed E-state index contributed by atoms with van der Waals surface area (Å²) in [6.07, 6.45) is 0.786. The second-order valence-corrected chi connectivity index (χ2v) is 7.46. The molecule has 1 saturated heterocycles. The number of carbonyl (C=O) groups is 1. The minimum atomic E-state index is -2.96. The fourth-order valence-electron chi connectivity index (χ4n) is 2.12. The lowest BCUT2D eigenvalue weighted by Crippen LogP contribution is -2.36. The van der Waals surface area contributed by atoms with E-state index in [0.29, 0.717) is 18.0 Å². The van der Waals surface area contributed by atoms with Crippen LogP contribution < -0.4 is 10.6 Å². The van der Waals surface area contributed by atoms with E-state index in [1.165, 1.54) is 0 Å². The van der Waals surface area contributed by atoms with E-state index in [-0.39, 0.29) is 29.9 Å². The van der Waals surface area contributed by atoms with Gasteiger partial charge in [-0.1, -0.05) is 23.7 Å². The van der Waals surface area contributed by atoms with Crippen LogP contribution in [0.4, 0.5) is 5.69 Å². The summed E-state index contributed by atoms with van der Waals surface area (Å²) in [7, 11) is -2.96. The third-order valence-electron chi connectivity index (χ3n) is 3.14. The van der Waals surface area contributed by atoms with E-state index in [1.807, 2.05) is 18.2 Å². The highest BCUT2D eigenvalue weighted by Crippen LogP contribution is 2.20. The molecule has 1 aliphatic rings. The molecule has 0 radical (unpaired) electrons. The Hall–Kier alpha value is -1.27. The summed E-state index contributed by atoms with van der Waals surface area (Å²) in [5, 5.41) is 6.42. The first-order chi connectivity index (χ1) is 9.46. The van der Waals surface area contributed by atoms with Crippen molar-refractivity contribution >= 4 is 33.0 Å². The Labute approximate surface area is 123 Å². The van der Waals surface area contributed by atoms with Gasteiger partial charge in [0.1, 0.15) is 0 Å². The van der Waals surface area contributed by atoms with Crippen molar-refractivity contribution < 1.29 is 13.2 Å². The molecule has 1 heterocycles. The van der Waals surface area contributed by atoms with Crippen molar-refractivity contribution in [2.45, 2.75) is 18.9 Å². The molecule has 1 aliphatic heterocycles. The van der Waals surface area contributed by atoms with Crippen LogP contribution in [0.25, 0.3) is 0 Å². The molecule has 0 aromatic heterocycles. The molecule has 7 heteroatoms. The zero-order valence-corrected chi connectivity index (χ0v) is 12.5. The fourth-order valence-corrected chi connectivity index (χ4v) is 4.00. The smallest absolute Gasteiger partial charge is 0.222 e. The third-order valence-corrected chi connectivity index (χ3v) is 5.24. The molecule has 20 heavy (non-hydrogen) atoms. The molecule has 0 bridgehead atoms. The molecular weight excluding hydrogens is 300 g/mol. The maximum atomic E-state index is 11.7. The molecule has 5 nitrogen and oxygen atoms in total. The average Bonchev–Trinajstić information content (AvgIpc) is 2.71. The number of sulfone groups is 1. The topological polar surface area (TPSA) is 75.3 Å². The highest BCUT2D eigenvalue weighted by molar-refractivity contribution is 7.91. The van der Waals surface area contributed by atoms with Gasteiger partial charge in [-0.15, -0.1) is 0 Å². The minimum absolute atomic E-state index is 0.0523. The molecular formula is C13H17ClN2O3S. The van der Waals surface area contributed by atoms with Gasteiger partial charge in [0.25, 0.3) is 0 Å². The molecule has 1 aromatic rings. The minimum Gasteiger partial charge on any atom is -0.383 e. The number of hydrogen-bond acceptors (Lipinski definition) is 4. The Kier molecular flexibility index (Phi) is 4.88. The van der Waals surface area contributed by atoms with Crippen LogP contribution in [-0.2, 0) is 14.6 Å². The second kappa shape index (κ2) is 6.45. The van der Waals surface area contributed by atoms with Crippen LogP contribution in [0.2, 0.25) is 5.02 Å². The van der Waals surface area contributed by atoms with Crippen LogP contribution in [0.3, 0.4) is 0 Å². The van der Waals surface area contributed by atoms with E-state index in [2.05, 4.69) is 10.6 Å². The Balaban J connectivity index is 1.72. The summed E-state index contributed by atoms with van der Waals surface area (Å²) in [4.78, 5) is 11.7. The van der Waals surface area contributed by atoms with Gasteiger partial charge in [0.05, 0.1) is 22.2 Å². The van der Waals surface area contributed by atoms with Gasteiger partial charge in [0.2, 0.25) is 5.91 Å². The van der Waals surface area contributed by atoms with Crippen molar-refractivity contribution in [1.82, 2.24) is 5.32 Å². The zero-order chi connectivity index (χ0) is 14.6. The van der Waals surface area contributed by atoms with Gasteiger partial charge in [-0.3, -0.25) is 4.79 Å². The summed E-state index contributed by atoms with van der Waals surface area (Å²) in [5.74, 6) is 0.0682. The normalized spacial score (nSPS) is 20.6. The molecule has 0 aliphatic carbocycles. The van der Waals surface area contributed by atoms with Gasteiger partial charge >= 0.3 is 0 Å². The molecule has 1 amide bonds. The first-order valence-corrected chi connectivity index (χ1v) is 8.64. The predicted molar refractivity (Wildman–Crippen MR) is 79.8 cm³/mol. The molecule has 1 atom stereocenters. The van der Waals surface area contributed by atoms with Crippen molar-refractivity contribution in [2.75, 3.05) is 23.4 Å². The van der Waals surface area contributed by atoms with E-state index in [9.17, 15) is 13.2 Å². The summed E-state index contributed by atoms with van der Waals surface area (Å²) in [6, 6.07) is 7.06. The van der Waals surface area contributed by atoms with Gasteiger partial charge in [-0.25, -0.2) is 8.42 Å². The standard InChI is InChI=1S/C13H17ClN2O3S/c14-11-3-1-2-4-12(11)15-7-5-13(17)16-10-6-8-20(18,19)9-10/h1-4,10,15H,5-9H2,(H,16,17). The highest BCUT2D eigenvalue weighted by atomic mass is 35.5. The van der Waals surface area contributed by atoms with Crippen LogP contribution in [-0.4, -0.2) is 38.4 Å². The number of halogens is 1. The van der Waals surface area contributed by atoms with Crippen LogP contribution in [0.5, 0.6) is 0 Å². The van der Waals surface area contributed by atoms with E-state index in [4.69, 9.17) is 11.6 Å². The summed E-state index contributed by atoms with van der Waals surface area (Å²) < 4.78 is 22.6.